The molecule has 0 heterocycles. The minimum Gasteiger partial charge on any atom is -0.449 e. The summed E-state index contributed by atoms with van der Waals surface area (Å²) in [5, 5.41) is 0. The van der Waals surface area contributed by atoms with Crippen LogP contribution in [0, 0.1) is 0 Å². The van der Waals surface area contributed by atoms with Gasteiger partial charge in [-0.2, -0.15) is 101 Å². The third-order valence-corrected chi connectivity index (χ3v) is 6.37. The summed E-state index contributed by atoms with van der Waals surface area (Å²) in [6.07, 6.45) is 4.53. The third kappa shape index (κ3) is 21.2. The van der Waals surface area contributed by atoms with Crippen molar-refractivity contribution < 1.29 is 19.1 Å². The normalized spacial score (nSPS) is 11.5. The summed E-state index contributed by atoms with van der Waals surface area (Å²) in [5.41, 5.74) is 0. The maximum Gasteiger partial charge on any atom is 0.411 e. The highest BCUT2D eigenvalue weighted by Crippen LogP contribution is 2.14. The highest BCUT2D eigenvalue weighted by atomic mass is 32.2. The van der Waals surface area contributed by atoms with E-state index in [1.54, 1.807) is 0 Å². The fourth-order valence-electron chi connectivity index (χ4n) is 2.61. The van der Waals surface area contributed by atoms with E-state index in [0.717, 1.165) is 0 Å². The van der Waals surface area contributed by atoms with E-state index in [1.807, 2.05) is 0 Å². The lowest BCUT2D eigenvalue weighted by Gasteiger charge is -2.30. The lowest BCUT2D eigenvalue weighted by atomic mass is 10.3. The zero-order chi connectivity index (χ0) is 25.2. The van der Waals surface area contributed by atoms with Crippen molar-refractivity contribution >= 4 is 113 Å². The number of carbonyl (C=O) groups excluding carboxylic acids is 2. The van der Waals surface area contributed by atoms with E-state index in [9.17, 15) is 9.59 Å². The van der Waals surface area contributed by atoms with Gasteiger partial charge in [-0.05, 0) is 51.4 Å². The molecule has 0 rings (SSSR count). The first-order valence-corrected chi connectivity index (χ1v) is 14.9. The molecule has 0 radical (unpaired) electrons. The molecule has 0 aromatic heterocycles. The van der Waals surface area contributed by atoms with Crippen molar-refractivity contribution in [3.05, 3.63) is 0 Å². The Bertz CT molecular complexity index is 486. The Morgan fingerprint density at radius 3 is 1.15 bits per heavy atom. The number of hydrogen-bond donors (Lipinski definition) is 8. The lowest BCUT2D eigenvalue weighted by Crippen LogP contribution is -2.45. The Hall–Kier alpha value is 1.34. The first kappa shape index (κ1) is 34.3. The summed E-state index contributed by atoms with van der Waals surface area (Å²) in [5.74, 6) is 0. The molecule has 0 fully saturated rings. The van der Waals surface area contributed by atoms with Crippen molar-refractivity contribution in [2.75, 3.05) is 33.0 Å². The Morgan fingerprint density at radius 1 is 0.545 bits per heavy atom. The zero-order valence-electron chi connectivity index (χ0n) is 18.6. The molecule has 0 spiro atoms. The molecule has 0 N–H and O–H groups in total. The van der Waals surface area contributed by atoms with Crippen LogP contribution in [0.15, 0.2) is 0 Å². The second-order valence-corrected chi connectivity index (χ2v) is 14.0. The van der Waals surface area contributed by atoms with Gasteiger partial charge in [0.1, 0.15) is 6.67 Å². The van der Waals surface area contributed by atoms with Crippen LogP contribution < -0.4 is 0 Å². The molecule has 14 heteroatoms. The fraction of sp³-hybridized carbons (Fsp3) is 0.895. The molecule has 0 unspecified atom stereocenters. The largest absolute Gasteiger partial charge is 0.449 e. The topological polar surface area (TPSA) is 59.1 Å². The number of amides is 2. The molecule has 196 valence electrons. The third-order valence-electron chi connectivity index (χ3n) is 4.30. The van der Waals surface area contributed by atoms with Gasteiger partial charge in [0.25, 0.3) is 0 Å². The number of nitrogens with zero attached hydrogens (tertiary/aromatic N) is 2. The number of ether oxygens (including phenoxy) is 2. The van der Waals surface area contributed by atoms with Crippen LogP contribution in [0.5, 0.6) is 0 Å². The molecule has 0 saturated carbocycles. The molecule has 0 aliphatic heterocycles. The molecular formula is C19H38N2O4S8. The van der Waals surface area contributed by atoms with E-state index >= 15 is 0 Å². The van der Waals surface area contributed by atoms with Crippen molar-refractivity contribution in [1.29, 1.82) is 0 Å². The summed E-state index contributed by atoms with van der Waals surface area (Å²) in [6, 6.07) is 0. The van der Waals surface area contributed by atoms with Gasteiger partial charge < -0.3 is 9.47 Å². The van der Waals surface area contributed by atoms with E-state index in [-0.39, 0.29) is 38.2 Å². The van der Waals surface area contributed by atoms with Crippen LogP contribution in [0.2, 0.25) is 0 Å². The van der Waals surface area contributed by atoms with Crippen LogP contribution in [-0.2, 0) is 9.47 Å². The predicted molar refractivity (Wildman–Crippen MR) is 165 cm³/mol. The van der Waals surface area contributed by atoms with E-state index in [0.29, 0.717) is 64.5 Å². The molecular weight excluding hydrogens is 577 g/mol. The summed E-state index contributed by atoms with van der Waals surface area (Å²) in [7, 11) is 0. The molecule has 0 aromatic carbocycles. The molecule has 0 aliphatic rings. The second-order valence-electron chi connectivity index (χ2n) is 7.39. The summed E-state index contributed by atoms with van der Waals surface area (Å²) in [4.78, 5) is 28.5. The number of thiol groups is 8. The van der Waals surface area contributed by atoms with Crippen molar-refractivity contribution in [3.63, 3.8) is 0 Å². The SMILES string of the molecule is O=C(OCCCC(S)S)N(CCCC(S)S)CN(CCCC(S)S)C(=O)OCCCC(S)S. The van der Waals surface area contributed by atoms with Crippen LogP contribution >= 0.6 is 101 Å². The van der Waals surface area contributed by atoms with Gasteiger partial charge in [-0.25, -0.2) is 9.59 Å². The Morgan fingerprint density at radius 2 is 0.848 bits per heavy atom. The molecule has 6 nitrogen and oxygen atoms in total. The van der Waals surface area contributed by atoms with Crippen molar-refractivity contribution in [3.8, 4) is 0 Å². The Balaban J connectivity index is 5.07. The highest BCUT2D eigenvalue weighted by Gasteiger charge is 2.23. The van der Waals surface area contributed by atoms with Crippen molar-refractivity contribution in [2.45, 2.75) is 69.7 Å². The number of rotatable bonds is 18. The predicted octanol–water partition coefficient (Wildman–Crippen LogP) is 5.68. The quantitative estimate of drug-likeness (QED) is 0.0582. The minimum atomic E-state index is -0.480. The van der Waals surface area contributed by atoms with Gasteiger partial charge in [0.05, 0.1) is 13.2 Å². The van der Waals surface area contributed by atoms with Gasteiger partial charge in [0.15, 0.2) is 0 Å². The highest BCUT2D eigenvalue weighted by molar-refractivity contribution is 8.00. The lowest BCUT2D eigenvalue weighted by molar-refractivity contribution is 0.0569. The van der Waals surface area contributed by atoms with Crippen LogP contribution in [0.4, 0.5) is 9.59 Å². The molecule has 33 heavy (non-hydrogen) atoms. The van der Waals surface area contributed by atoms with E-state index in [2.05, 4.69) is 101 Å². The second kappa shape index (κ2) is 21.4. The van der Waals surface area contributed by atoms with Gasteiger partial charge in [-0.3, -0.25) is 9.80 Å². The smallest absolute Gasteiger partial charge is 0.411 e. The molecule has 0 saturated heterocycles. The summed E-state index contributed by atoms with van der Waals surface area (Å²) in [6.45, 7) is 1.40. The van der Waals surface area contributed by atoms with Gasteiger partial charge in [-0.1, -0.05) is 0 Å². The maximum absolute atomic E-state index is 12.7. The average Bonchev–Trinajstić information content (AvgIpc) is 2.71. The van der Waals surface area contributed by atoms with E-state index in [1.165, 1.54) is 9.80 Å². The first-order valence-electron chi connectivity index (χ1n) is 10.8. The number of hydrogen-bond acceptors (Lipinski definition) is 12. The van der Waals surface area contributed by atoms with Gasteiger partial charge in [0.2, 0.25) is 0 Å². The first-order chi connectivity index (χ1) is 15.5. The van der Waals surface area contributed by atoms with Crippen LogP contribution in [0.3, 0.4) is 0 Å². The van der Waals surface area contributed by atoms with Gasteiger partial charge >= 0.3 is 12.2 Å². The molecule has 0 bridgehead atoms. The number of carbonyl (C=O) groups is 2. The van der Waals surface area contributed by atoms with Crippen LogP contribution in [-0.4, -0.2) is 73.3 Å². The fourth-order valence-corrected chi connectivity index (χ4v) is 4.07. The Labute approximate surface area is 243 Å². The van der Waals surface area contributed by atoms with Crippen LogP contribution in [0.25, 0.3) is 0 Å². The monoisotopic (exact) mass is 614 g/mol. The van der Waals surface area contributed by atoms with Crippen LogP contribution in [0.1, 0.15) is 51.4 Å². The summed E-state index contributed by atoms with van der Waals surface area (Å²) < 4.78 is 10.6. The van der Waals surface area contributed by atoms with Gasteiger partial charge in [-0.15, -0.1) is 0 Å². The molecule has 0 aromatic rings. The maximum atomic E-state index is 12.7. The van der Waals surface area contributed by atoms with Crippen molar-refractivity contribution in [1.82, 2.24) is 9.80 Å². The van der Waals surface area contributed by atoms with Gasteiger partial charge in [0, 0.05) is 31.4 Å². The standard InChI is InChI=1S/C19H38N2O4S8/c22-18(24-11-3-7-16(30)31)20(9-1-5-14(26)27)13-21(10-2-6-15(28)29)19(23)25-12-4-8-17(32)33/h14-17,26-33H,1-13H2. The summed E-state index contributed by atoms with van der Waals surface area (Å²) >= 11 is 33.9. The average molecular weight is 615 g/mol. The zero-order valence-corrected chi connectivity index (χ0v) is 25.8. The van der Waals surface area contributed by atoms with Crippen molar-refractivity contribution in [2.24, 2.45) is 0 Å². The van der Waals surface area contributed by atoms with E-state index < -0.39 is 12.2 Å². The minimum absolute atomic E-state index is 0.0596. The van der Waals surface area contributed by atoms with E-state index in [4.69, 9.17) is 9.47 Å². The molecule has 0 atom stereocenters. The molecule has 0 aliphatic carbocycles. The molecule has 2 amide bonds. The Kier molecular flexibility index (Phi) is 22.3.